The molecule has 1 heterocycles. The first kappa shape index (κ1) is 14.6. The summed E-state index contributed by atoms with van der Waals surface area (Å²) in [6, 6.07) is 3.45. The Morgan fingerprint density at radius 2 is 2.15 bits per heavy atom. The lowest BCUT2D eigenvalue weighted by molar-refractivity contribution is -0.142. The van der Waals surface area contributed by atoms with E-state index in [1.807, 2.05) is 0 Å². The lowest BCUT2D eigenvalue weighted by Crippen LogP contribution is -2.33. The van der Waals surface area contributed by atoms with E-state index in [-0.39, 0.29) is 17.5 Å². The molecule has 0 saturated carbocycles. The van der Waals surface area contributed by atoms with E-state index in [0.29, 0.717) is 12.2 Å². The maximum atomic E-state index is 13.0. The zero-order valence-corrected chi connectivity index (χ0v) is 11.5. The third kappa shape index (κ3) is 3.01. The van der Waals surface area contributed by atoms with Crippen molar-refractivity contribution in [3.05, 3.63) is 29.0 Å². The van der Waals surface area contributed by atoms with Crippen LogP contribution in [0.4, 0.5) is 14.9 Å². The lowest BCUT2D eigenvalue weighted by Gasteiger charge is -2.17. The summed E-state index contributed by atoms with van der Waals surface area (Å²) in [5.41, 5.74) is 0.368. The highest BCUT2D eigenvalue weighted by Crippen LogP contribution is 2.25. The summed E-state index contributed by atoms with van der Waals surface area (Å²) in [5.74, 6) is -2.13. The van der Waals surface area contributed by atoms with Crippen LogP contribution < -0.4 is 5.32 Å². The van der Waals surface area contributed by atoms with Gasteiger partial charge in [0.05, 0.1) is 10.9 Å². The molecule has 1 aromatic carbocycles. The number of carboxylic acids is 1. The van der Waals surface area contributed by atoms with Gasteiger partial charge >= 0.3 is 12.0 Å². The van der Waals surface area contributed by atoms with Crippen molar-refractivity contribution >= 4 is 29.3 Å². The number of hydrogen-bond acceptors (Lipinski definition) is 2. The number of anilines is 1. The first-order valence-electron chi connectivity index (χ1n) is 6.12. The number of carbonyl (C=O) groups is 2. The van der Waals surface area contributed by atoms with E-state index in [4.69, 9.17) is 16.7 Å². The number of halogens is 2. The molecule has 108 valence electrons. The number of carbonyl (C=O) groups excluding carboxylic acids is 1. The summed E-state index contributed by atoms with van der Waals surface area (Å²) in [6.45, 7) is 2.33. The number of benzene rings is 1. The Balaban J connectivity index is 2.02. The maximum Gasteiger partial charge on any atom is 0.321 e. The molecule has 0 spiro atoms. The smallest absolute Gasteiger partial charge is 0.321 e. The van der Waals surface area contributed by atoms with E-state index in [2.05, 4.69) is 5.32 Å². The van der Waals surface area contributed by atoms with Crippen LogP contribution in [0.2, 0.25) is 5.02 Å². The molecule has 2 N–H and O–H groups in total. The van der Waals surface area contributed by atoms with Crippen molar-refractivity contribution < 1.29 is 19.1 Å². The van der Waals surface area contributed by atoms with Crippen molar-refractivity contribution in [2.45, 2.75) is 6.92 Å². The zero-order valence-electron chi connectivity index (χ0n) is 10.8. The van der Waals surface area contributed by atoms with Crippen LogP contribution in [-0.2, 0) is 4.79 Å². The second kappa shape index (κ2) is 5.66. The van der Waals surface area contributed by atoms with Gasteiger partial charge in [0.15, 0.2) is 0 Å². The summed E-state index contributed by atoms with van der Waals surface area (Å²) >= 11 is 5.63. The van der Waals surface area contributed by atoms with Gasteiger partial charge in [-0.1, -0.05) is 18.5 Å². The van der Waals surface area contributed by atoms with Gasteiger partial charge in [-0.3, -0.25) is 4.79 Å². The quantitative estimate of drug-likeness (QED) is 0.882. The van der Waals surface area contributed by atoms with Gasteiger partial charge < -0.3 is 15.3 Å². The number of nitrogens with one attached hydrogen (secondary N) is 1. The Bertz CT molecular complexity index is 552. The van der Waals surface area contributed by atoms with Crippen LogP contribution in [0.5, 0.6) is 0 Å². The maximum absolute atomic E-state index is 13.0. The first-order chi connectivity index (χ1) is 9.38. The van der Waals surface area contributed by atoms with Gasteiger partial charge in [-0.25, -0.2) is 9.18 Å². The predicted molar refractivity (Wildman–Crippen MR) is 72.3 cm³/mol. The van der Waals surface area contributed by atoms with Gasteiger partial charge in [0, 0.05) is 18.8 Å². The first-order valence-corrected chi connectivity index (χ1v) is 6.50. The summed E-state index contributed by atoms with van der Waals surface area (Å²) in [7, 11) is 0. The Morgan fingerprint density at radius 1 is 1.45 bits per heavy atom. The van der Waals surface area contributed by atoms with Gasteiger partial charge in [-0.05, 0) is 24.1 Å². The normalized spacial score (nSPS) is 21.9. The molecule has 0 radical (unpaired) electrons. The van der Waals surface area contributed by atoms with Gasteiger partial charge in [0.2, 0.25) is 0 Å². The predicted octanol–water partition coefficient (Wildman–Crippen LogP) is 2.66. The molecule has 1 fully saturated rings. The van der Waals surface area contributed by atoms with E-state index in [9.17, 15) is 14.0 Å². The van der Waals surface area contributed by atoms with Crippen molar-refractivity contribution in [1.82, 2.24) is 4.90 Å². The van der Waals surface area contributed by atoms with Crippen LogP contribution in [0, 0.1) is 17.7 Å². The van der Waals surface area contributed by atoms with Gasteiger partial charge in [0.25, 0.3) is 0 Å². The zero-order chi connectivity index (χ0) is 14.9. The number of hydrogen-bond donors (Lipinski definition) is 2. The highest BCUT2D eigenvalue weighted by Gasteiger charge is 2.36. The van der Waals surface area contributed by atoms with E-state index in [1.54, 1.807) is 6.92 Å². The molecule has 0 bridgehead atoms. The fourth-order valence-electron chi connectivity index (χ4n) is 2.23. The van der Waals surface area contributed by atoms with Crippen molar-refractivity contribution in [1.29, 1.82) is 0 Å². The molecule has 1 aromatic rings. The third-order valence-electron chi connectivity index (χ3n) is 3.39. The molecule has 2 rings (SSSR count). The lowest BCUT2D eigenvalue weighted by atomic mass is 9.99. The fraction of sp³-hybridized carbons (Fsp3) is 0.385. The van der Waals surface area contributed by atoms with Crippen molar-refractivity contribution in [2.24, 2.45) is 11.8 Å². The molecule has 0 aliphatic carbocycles. The standard InChI is InChI=1S/C13H14ClFN2O3/c1-7-5-17(6-9(7)12(18)19)13(20)16-8-2-3-11(15)10(14)4-8/h2-4,7,9H,5-6H2,1H3,(H,16,20)(H,18,19)/t7-,9-/m1/s1. The average molecular weight is 301 g/mol. The molecule has 20 heavy (non-hydrogen) atoms. The molecule has 7 heteroatoms. The SMILES string of the molecule is C[C@@H]1CN(C(=O)Nc2ccc(F)c(Cl)c2)C[C@H]1C(=O)O. The van der Waals surface area contributed by atoms with E-state index >= 15 is 0 Å². The topological polar surface area (TPSA) is 69.6 Å². The van der Waals surface area contributed by atoms with Crippen LogP contribution in [0.1, 0.15) is 6.92 Å². The Morgan fingerprint density at radius 3 is 2.70 bits per heavy atom. The van der Waals surface area contributed by atoms with Crippen LogP contribution >= 0.6 is 11.6 Å². The minimum atomic E-state index is -0.905. The van der Waals surface area contributed by atoms with E-state index in [1.165, 1.54) is 17.0 Å². The van der Waals surface area contributed by atoms with E-state index < -0.39 is 23.7 Å². The average Bonchev–Trinajstić information content (AvgIpc) is 2.76. The molecule has 5 nitrogen and oxygen atoms in total. The van der Waals surface area contributed by atoms with Crippen molar-refractivity contribution in [2.75, 3.05) is 18.4 Å². The molecule has 2 amide bonds. The molecule has 0 aromatic heterocycles. The molecule has 0 unspecified atom stereocenters. The van der Waals surface area contributed by atoms with E-state index in [0.717, 1.165) is 6.07 Å². The van der Waals surface area contributed by atoms with Crippen LogP contribution in [0.15, 0.2) is 18.2 Å². The molecule has 2 atom stereocenters. The number of rotatable bonds is 2. The minimum Gasteiger partial charge on any atom is -0.481 e. The number of amides is 2. The largest absolute Gasteiger partial charge is 0.481 e. The molecule has 1 aliphatic rings. The summed E-state index contributed by atoms with van der Waals surface area (Å²) in [5, 5.41) is 11.5. The van der Waals surface area contributed by atoms with Crippen LogP contribution in [0.25, 0.3) is 0 Å². The highest BCUT2D eigenvalue weighted by molar-refractivity contribution is 6.31. The summed E-state index contributed by atoms with van der Waals surface area (Å²) < 4.78 is 13.0. The van der Waals surface area contributed by atoms with Crippen molar-refractivity contribution in [3.63, 3.8) is 0 Å². The van der Waals surface area contributed by atoms with Crippen LogP contribution in [-0.4, -0.2) is 35.1 Å². The second-order valence-electron chi connectivity index (χ2n) is 4.89. The fourth-order valence-corrected chi connectivity index (χ4v) is 2.41. The Kier molecular flexibility index (Phi) is 4.13. The molecular weight excluding hydrogens is 287 g/mol. The van der Waals surface area contributed by atoms with Gasteiger partial charge in [-0.2, -0.15) is 0 Å². The Labute approximate surface area is 120 Å². The highest BCUT2D eigenvalue weighted by atomic mass is 35.5. The van der Waals surface area contributed by atoms with Gasteiger partial charge in [0.1, 0.15) is 5.82 Å². The molecule has 1 saturated heterocycles. The second-order valence-corrected chi connectivity index (χ2v) is 5.29. The number of nitrogens with zero attached hydrogens (tertiary/aromatic N) is 1. The van der Waals surface area contributed by atoms with Crippen LogP contribution in [0.3, 0.4) is 0 Å². The monoisotopic (exact) mass is 300 g/mol. The summed E-state index contributed by atoms with van der Waals surface area (Å²) in [6.07, 6.45) is 0. The number of urea groups is 1. The Hall–Kier alpha value is -1.82. The number of aliphatic carboxylic acids is 1. The number of carboxylic acid groups (broad SMARTS) is 1. The third-order valence-corrected chi connectivity index (χ3v) is 3.68. The van der Waals surface area contributed by atoms with Crippen molar-refractivity contribution in [3.8, 4) is 0 Å². The molecular formula is C13H14ClFN2O3. The minimum absolute atomic E-state index is 0.0824. The molecule has 1 aliphatic heterocycles. The van der Waals surface area contributed by atoms with Gasteiger partial charge in [-0.15, -0.1) is 0 Å². The number of likely N-dealkylation sites (tertiary alicyclic amines) is 1. The summed E-state index contributed by atoms with van der Waals surface area (Å²) in [4.78, 5) is 24.4.